The number of carbonyl (C=O) groups excluding carboxylic acids is 1. The van der Waals surface area contributed by atoms with Crippen LogP contribution in [0, 0.1) is 11.6 Å². The molecule has 0 fully saturated rings. The van der Waals surface area contributed by atoms with Crippen molar-refractivity contribution in [3.63, 3.8) is 0 Å². The van der Waals surface area contributed by atoms with Crippen molar-refractivity contribution in [3.05, 3.63) is 125 Å². The van der Waals surface area contributed by atoms with Crippen LogP contribution < -0.4 is 5.32 Å². The van der Waals surface area contributed by atoms with Gasteiger partial charge in [-0.05, 0) is 31.0 Å². The summed E-state index contributed by atoms with van der Waals surface area (Å²) in [4.78, 5) is 19.1. The van der Waals surface area contributed by atoms with Crippen molar-refractivity contribution in [1.29, 1.82) is 0 Å². The van der Waals surface area contributed by atoms with E-state index in [2.05, 4.69) is 10.3 Å². The largest absolute Gasteiger partial charge is 0.447 e. The summed E-state index contributed by atoms with van der Waals surface area (Å²) in [6.45, 7) is 4.33. The highest BCUT2D eigenvalue weighted by atomic mass is 19.1. The van der Waals surface area contributed by atoms with Crippen LogP contribution in [0.2, 0.25) is 0 Å². The monoisotopic (exact) mass is 475 g/mol. The zero-order valence-electron chi connectivity index (χ0n) is 19.6. The second-order valence-electron chi connectivity index (χ2n) is 8.46. The van der Waals surface area contributed by atoms with Crippen LogP contribution in [0.1, 0.15) is 59.0 Å². The number of amides is 1. The van der Waals surface area contributed by atoms with Gasteiger partial charge in [0.15, 0.2) is 5.69 Å². The number of halogens is 2. The van der Waals surface area contributed by atoms with Gasteiger partial charge in [0.2, 0.25) is 5.89 Å². The minimum Gasteiger partial charge on any atom is -0.447 e. The molecule has 180 valence electrons. The van der Waals surface area contributed by atoms with Gasteiger partial charge in [-0.15, -0.1) is 0 Å². The van der Waals surface area contributed by atoms with Crippen molar-refractivity contribution in [2.45, 2.75) is 39.0 Å². The van der Waals surface area contributed by atoms with E-state index >= 15 is 0 Å². The number of oxazole rings is 1. The molecule has 1 amide bonds. The molecule has 3 aromatic carbocycles. The van der Waals surface area contributed by atoms with Crippen LogP contribution in [0.25, 0.3) is 0 Å². The Morgan fingerprint density at radius 3 is 2.26 bits per heavy atom. The molecule has 1 heterocycles. The van der Waals surface area contributed by atoms with Crippen LogP contribution in [0.3, 0.4) is 0 Å². The van der Waals surface area contributed by atoms with Crippen LogP contribution in [-0.4, -0.2) is 15.8 Å². The second-order valence-corrected chi connectivity index (χ2v) is 8.46. The molecule has 2 atom stereocenters. The number of rotatable bonds is 9. The highest BCUT2D eigenvalue weighted by molar-refractivity contribution is 5.92. The van der Waals surface area contributed by atoms with E-state index < -0.39 is 11.6 Å². The number of hydrogen-bond donors (Lipinski definition) is 1. The highest BCUT2D eigenvalue weighted by Gasteiger charge is 2.22. The first-order valence-corrected chi connectivity index (χ1v) is 11.4. The average Bonchev–Trinajstić information content (AvgIpc) is 3.34. The topological polar surface area (TPSA) is 58.4 Å². The molecule has 0 spiro atoms. The lowest BCUT2D eigenvalue weighted by Crippen LogP contribution is -2.28. The smallest absolute Gasteiger partial charge is 0.273 e. The number of nitrogens with one attached hydrogen (secondary N) is 1. The van der Waals surface area contributed by atoms with E-state index in [9.17, 15) is 13.6 Å². The predicted molar refractivity (Wildman–Crippen MR) is 129 cm³/mol. The molecule has 5 nitrogen and oxygen atoms in total. The fourth-order valence-corrected chi connectivity index (χ4v) is 3.90. The van der Waals surface area contributed by atoms with Gasteiger partial charge in [-0.3, -0.25) is 9.69 Å². The summed E-state index contributed by atoms with van der Waals surface area (Å²) < 4.78 is 33.5. The molecule has 7 heteroatoms. The number of nitrogens with zero attached hydrogens (tertiary/aromatic N) is 2. The van der Waals surface area contributed by atoms with E-state index in [0.717, 1.165) is 17.2 Å². The van der Waals surface area contributed by atoms with Crippen LogP contribution in [0.4, 0.5) is 8.78 Å². The Labute approximate surface area is 203 Å². The Morgan fingerprint density at radius 2 is 1.60 bits per heavy atom. The van der Waals surface area contributed by atoms with Crippen LogP contribution in [0.15, 0.2) is 89.5 Å². The summed E-state index contributed by atoms with van der Waals surface area (Å²) in [7, 11) is 0. The number of benzene rings is 3. The molecule has 0 aliphatic rings. The second kappa shape index (κ2) is 11.1. The van der Waals surface area contributed by atoms with Gasteiger partial charge < -0.3 is 9.73 Å². The Morgan fingerprint density at radius 1 is 0.943 bits per heavy atom. The zero-order chi connectivity index (χ0) is 24.8. The predicted octanol–water partition coefficient (Wildman–Crippen LogP) is 6.21. The van der Waals surface area contributed by atoms with E-state index in [1.165, 1.54) is 18.4 Å². The molecule has 0 saturated heterocycles. The van der Waals surface area contributed by atoms with Crippen molar-refractivity contribution in [1.82, 2.24) is 15.2 Å². The third-order valence-corrected chi connectivity index (χ3v) is 5.99. The van der Waals surface area contributed by atoms with Gasteiger partial charge in [-0.1, -0.05) is 66.7 Å². The van der Waals surface area contributed by atoms with Gasteiger partial charge >= 0.3 is 0 Å². The summed E-state index contributed by atoms with van der Waals surface area (Å²) in [6.07, 6.45) is 1.33. The molecule has 0 saturated carbocycles. The Kier molecular flexibility index (Phi) is 7.67. The first-order valence-electron chi connectivity index (χ1n) is 11.4. The van der Waals surface area contributed by atoms with Crippen molar-refractivity contribution in [2.24, 2.45) is 0 Å². The van der Waals surface area contributed by atoms with Gasteiger partial charge in [0.25, 0.3) is 5.91 Å². The lowest BCUT2D eigenvalue weighted by molar-refractivity contribution is 0.0934. The molecule has 4 aromatic rings. The molecule has 0 aliphatic heterocycles. The van der Waals surface area contributed by atoms with E-state index in [4.69, 9.17) is 4.42 Å². The van der Waals surface area contributed by atoms with Crippen molar-refractivity contribution < 1.29 is 18.0 Å². The molecule has 1 aromatic heterocycles. The first-order chi connectivity index (χ1) is 16.9. The molecule has 0 unspecified atom stereocenters. The average molecular weight is 476 g/mol. The standard InChI is InChI=1S/C28H27F2N3O2/c1-19(21-9-5-3-6-10-21)31-28(34)26-18-35-27(32-26)17-33(20(2)22-11-7-4-8-12-22)16-23-13-14-24(29)15-25(23)30/h3-15,18-20H,16-17H2,1-2H3,(H,31,34)/t19-,20+/m1/s1. The van der Waals surface area contributed by atoms with E-state index in [-0.39, 0.29) is 36.8 Å². The molecule has 35 heavy (non-hydrogen) atoms. The first kappa shape index (κ1) is 24.3. The maximum Gasteiger partial charge on any atom is 0.273 e. The van der Waals surface area contributed by atoms with Crippen LogP contribution in [-0.2, 0) is 13.1 Å². The maximum absolute atomic E-state index is 14.4. The lowest BCUT2D eigenvalue weighted by Gasteiger charge is -2.28. The van der Waals surface area contributed by atoms with Crippen molar-refractivity contribution >= 4 is 5.91 Å². The summed E-state index contributed by atoms with van der Waals surface area (Å²) in [6, 6.07) is 22.6. The Balaban J connectivity index is 1.51. The summed E-state index contributed by atoms with van der Waals surface area (Å²) in [5.41, 5.74) is 2.53. The molecule has 0 bridgehead atoms. The Bertz CT molecular complexity index is 1260. The van der Waals surface area contributed by atoms with Crippen LogP contribution >= 0.6 is 0 Å². The van der Waals surface area contributed by atoms with Crippen molar-refractivity contribution in [2.75, 3.05) is 0 Å². The summed E-state index contributed by atoms with van der Waals surface area (Å²) >= 11 is 0. The molecular formula is C28H27F2N3O2. The third-order valence-electron chi connectivity index (χ3n) is 5.99. The number of hydrogen-bond acceptors (Lipinski definition) is 4. The van der Waals surface area contributed by atoms with Gasteiger partial charge in [0, 0.05) is 24.2 Å². The number of carbonyl (C=O) groups is 1. The van der Waals surface area contributed by atoms with Gasteiger partial charge in [-0.2, -0.15) is 0 Å². The molecule has 0 radical (unpaired) electrons. The van der Waals surface area contributed by atoms with Gasteiger partial charge in [0.05, 0.1) is 12.6 Å². The summed E-state index contributed by atoms with van der Waals surface area (Å²) in [5.74, 6) is -1.25. The Hall–Kier alpha value is -3.84. The molecule has 0 aliphatic carbocycles. The van der Waals surface area contributed by atoms with E-state index in [1.807, 2.05) is 79.4 Å². The van der Waals surface area contributed by atoms with E-state index in [0.29, 0.717) is 11.5 Å². The molecule has 1 N–H and O–H groups in total. The zero-order valence-corrected chi connectivity index (χ0v) is 19.6. The quantitative estimate of drug-likeness (QED) is 0.313. The van der Waals surface area contributed by atoms with Crippen LogP contribution in [0.5, 0.6) is 0 Å². The summed E-state index contributed by atoms with van der Waals surface area (Å²) in [5, 5.41) is 2.92. The SMILES string of the molecule is C[C@@H](NC(=O)c1coc(CN(Cc2ccc(F)cc2F)[C@@H](C)c2ccccc2)n1)c1ccccc1. The number of aromatic nitrogens is 1. The fourth-order valence-electron chi connectivity index (χ4n) is 3.90. The maximum atomic E-state index is 14.4. The van der Waals surface area contributed by atoms with Crippen molar-refractivity contribution in [3.8, 4) is 0 Å². The molecular weight excluding hydrogens is 448 g/mol. The van der Waals surface area contributed by atoms with Gasteiger partial charge in [-0.25, -0.2) is 13.8 Å². The normalized spacial score (nSPS) is 12.9. The highest BCUT2D eigenvalue weighted by Crippen LogP contribution is 2.25. The minimum absolute atomic E-state index is 0.122. The fraction of sp³-hybridized carbons (Fsp3) is 0.214. The third kappa shape index (κ3) is 6.19. The van der Waals surface area contributed by atoms with E-state index in [1.54, 1.807) is 0 Å². The van der Waals surface area contributed by atoms with Gasteiger partial charge in [0.1, 0.15) is 17.9 Å². The minimum atomic E-state index is -0.623. The molecule has 4 rings (SSSR count). The lowest BCUT2D eigenvalue weighted by atomic mass is 10.1.